The minimum absolute atomic E-state index is 0.339. The molecule has 0 radical (unpaired) electrons. The van der Waals surface area contributed by atoms with Crippen molar-refractivity contribution in [3.8, 4) is 0 Å². The van der Waals surface area contributed by atoms with Gasteiger partial charge in [0.2, 0.25) is 0 Å². The van der Waals surface area contributed by atoms with E-state index in [-0.39, 0.29) is 6.42 Å². The highest BCUT2D eigenvalue weighted by Gasteiger charge is 2.59. The van der Waals surface area contributed by atoms with Gasteiger partial charge in [0.15, 0.2) is 0 Å². The van der Waals surface area contributed by atoms with E-state index >= 15 is 0 Å². The fraction of sp³-hybridized carbons (Fsp3) is 0.923. The van der Waals surface area contributed by atoms with E-state index in [0.29, 0.717) is 18.3 Å². The van der Waals surface area contributed by atoms with Crippen LogP contribution in [0.25, 0.3) is 0 Å². The van der Waals surface area contributed by atoms with Gasteiger partial charge in [-0.25, -0.2) is 0 Å². The molecule has 0 aromatic carbocycles. The quantitative estimate of drug-likeness (QED) is 0.591. The van der Waals surface area contributed by atoms with Gasteiger partial charge in [-0.05, 0) is 43.9 Å². The molecule has 4 fully saturated rings. The Bertz CT molecular complexity index is 511. The van der Waals surface area contributed by atoms with Crippen molar-refractivity contribution in [1.29, 1.82) is 0 Å². The van der Waals surface area contributed by atoms with Crippen molar-refractivity contribution in [3.63, 3.8) is 0 Å². The van der Waals surface area contributed by atoms with Crippen LogP contribution < -0.4 is 0 Å². The molecule has 7 heteroatoms. The third-order valence-corrected chi connectivity index (χ3v) is 5.59. The normalized spacial score (nSPS) is 42.7. The van der Waals surface area contributed by atoms with Crippen molar-refractivity contribution >= 4 is 16.1 Å². The molecule has 6 nitrogen and oxygen atoms in total. The summed E-state index contributed by atoms with van der Waals surface area (Å²) in [6.07, 6.45) is 4.32. The fourth-order valence-corrected chi connectivity index (χ4v) is 5.18. The molecule has 4 saturated carbocycles. The summed E-state index contributed by atoms with van der Waals surface area (Å²) in [6, 6.07) is 0. The molecule has 4 bridgehead atoms. The van der Waals surface area contributed by atoms with Gasteiger partial charge in [-0.3, -0.25) is 9.35 Å². The van der Waals surface area contributed by atoms with Crippen LogP contribution in [0.5, 0.6) is 0 Å². The van der Waals surface area contributed by atoms with Gasteiger partial charge < -0.3 is 9.84 Å². The maximum Gasteiger partial charge on any atom is 0.307 e. The van der Waals surface area contributed by atoms with E-state index in [9.17, 15) is 18.3 Å². The molecule has 0 amide bonds. The van der Waals surface area contributed by atoms with Gasteiger partial charge in [0.05, 0.1) is 17.8 Å². The molecule has 0 heterocycles. The molecular weight excluding hydrogens is 284 g/mol. The van der Waals surface area contributed by atoms with E-state index in [4.69, 9.17) is 9.29 Å². The Morgan fingerprint density at radius 2 is 1.80 bits per heavy atom. The minimum atomic E-state index is -4.15. The lowest BCUT2D eigenvalue weighted by Gasteiger charge is -2.59. The van der Waals surface area contributed by atoms with Crippen molar-refractivity contribution in [2.24, 2.45) is 11.8 Å². The van der Waals surface area contributed by atoms with Crippen LogP contribution in [0, 0.1) is 11.8 Å². The molecule has 20 heavy (non-hydrogen) atoms. The zero-order chi connectivity index (χ0) is 14.6. The number of rotatable bonds is 4. The number of hydrogen-bond donors (Lipinski definition) is 2. The predicted molar refractivity (Wildman–Crippen MR) is 69.5 cm³/mol. The Labute approximate surface area is 118 Å². The van der Waals surface area contributed by atoms with E-state index in [0.717, 1.165) is 32.1 Å². The van der Waals surface area contributed by atoms with Crippen molar-refractivity contribution in [2.75, 3.05) is 5.75 Å². The smallest absolute Gasteiger partial charge is 0.307 e. The number of aliphatic hydroxyl groups is 1. The molecule has 0 aromatic heterocycles. The summed E-state index contributed by atoms with van der Waals surface area (Å²) in [7, 11) is -4.15. The third-order valence-electron chi connectivity index (χ3n) is 4.87. The second kappa shape index (κ2) is 4.42. The Hall–Kier alpha value is -0.660. The molecule has 0 spiro atoms. The Kier molecular flexibility index (Phi) is 3.15. The average molecular weight is 304 g/mol. The van der Waals surface area contributed by atoms with E-state index in [1.165, 1.54) is 0 Å². The summed E-state index contributed by atoms with van der Waals surface area (Å²) in [5, 5.41) is 10.5. The first-order valence-electron chi connectivity index (χ1n) is 7.06. The SMILES string of the molecule is O=C(CCS(=O)(=O)O)OC12CC3CC(CC(O)(C3)C1)C2. The van der Waals surface area contributed by atoms with Crippen LogP contribution in [0.4, 0.5) is 0 Å². The standard InChI is InChI=1S/C13H20O6S/c14-11(1-2-20(16,17)18)19-13-6-9-3-10(7-13)5-12(15,4-9)8-13/h9-10,15H,1-8H2,(H,16,17,18). The summed E-state index contributed by atoms with van der Waals surface area (Å²) in [5.74, 6) is -0.418. The zero-order valence-corrected chi connectivity index (χ0v) is 12.1. The average Bonchev–Trinajstić information content (AvgIpc) is 2.21. The topological polar surface area (TPSA) is 101 Å². The summed E-state index contributed by atoms with van der Waals surface area (Å²) in [6.45, 7) is 0. The van der Waals surface area contributed by atoms with Gasteiger partial charge in [-0.1, -0.05) is 0 Å². The molecule has 2 N–H and O–H groups in total. The van der Waals surface area contributed by atoms with Crippen LogP contribution in [-0.2, 0) is 19.6 Å². The first-order valence-corrected chi connectivity index (χ1v) is 8.67. The van der Waals surface area contributed by atoms with Gasteiger partial charge in [-0.15, -0.1) is 0 Å². The largest absolute Gasteiger partial charge is 0.459 e. The van der Waals surface area contributed by atoms with Crippen LogP contribution in [-0.4, -0.2) is 41.0 Å². The molecule has 4 aliphatic rings. The summed E-state index contributed by atoms with van der Waals surface area (Å²) < 4.78 is 35.5. The highest BCUT2D eigenvalue weighted by Crippen LogP contribution is 2.58. The van der Waals surface area contributed by atoms with Crippen molar-refractivity contribution in [3.05, 3.63) is 0 Å². The van der Waals surface area contributed by atoms with Crippen LogP contribution in [0.1, 0.15) is 44.9 Å². The van der Waals surface area contributed by atoms with Crippen molar-refractivity contribution in [2.45, 2.75) is 56.1 Å². The first-order chi connectivity index (χ1) is 9.17. The van der Waals surface area contributed by atoms with Gasteiger partial charge in [-0.2, -0.15) is 8.42 Å². The van der Waals surface area contributed by atoms with E-state index in [2.05, 4.69) is 0 Å². The summed E-state index contributed by atoms with van der Waals surface area (Å²) >= 11 is 0. The number of carbonyl (C=O) groups is 1. The zero-order valence-electron chi connectivity index (χ0n) is 11.2. The summed E-state index contributed by atoms with van der Waals surface area (Å²) in [4.78, 5) is 11.8. The number of ether oxygens (including phenoxy) is 1. The van der Waals surface area contributed by atoms with Crippen molar-refractivity contribution in [1.82, 2.24) is 0 Å². The Morgan fingerprint density at radius 3 is 2.30 bits per heavy atom. The Balaban J connectivity index is 1.66. The van der Waals surface area contributed by atoms with Gasteiger partial charge >= 0.3 is 5.97 Å². The van der Waals surface area contributed by atoms with Crippen LogP contribution in [0.2, 0.25) is 0 Å². The minimum Gasteiger partial charge on any atom is -0.459 e. The molecule has 0 saturated heterocycles. The van der Waals surface area contributed by atoms with E-state index < -0.39 is 33.0 Å². The molecule has 4 aliphatic carbocycles. The maximum atomic E-state index is 11.8. The number of hydrogen-bond acceptors (Lipinski definition) is 5. The lowest BCUT2D eigenvalue weighted by molar-refractivity contribution is -0.219. The van der Waals surface area contributed by atoms with Gasteiger partial charge in [0, 0.05) is 6.42 Å². The van der Waals surface area contributed by atoms with Crippen molar-refractivity contribution < 1.29 is 27.6 Å². The molecule has 114 valence electrons. The van der Waals surface area contributed by atoms with Crippen LogP contribution >= 0.6 is 0 Å². The monoisotopic (exact) mass is 304 g/mol. The van der Waals surface area contributed by atoms with E-state index in [1.54, 1.807) is 0 Å². The fourth-order valence-electron chi connectivity index (χ4n) is 4.76. The second-order valence-corrected chi connectivity index (χ2v) is 8.45. The number of esters is 1. The third kappa shape index (κ3) is 2.84. The maximum absolute atomic E-state index is 11.8. The second-order valence-electron chi connectivity index (χ2n) is 6.88. The highest BCUT2D eigenvalue weighted by molar-refractivity contribution is 7.85. The first kappa shape index (κ1) is 14.3. The molecular formula is C13H20O6S. The summed E-state index contributed by atoms with van der Waals surface area (Å²) in [5.41, 5.74) is -1.33. The van der Waals surface area contributed by atoms with Gasteiger partial charge in [0.25, 0.3) is 10.1 Å². The molecule has 4 rings (SSSR count). The van der Waals surface area contributed by atoms with E-state index in [1.807, 2.05) is 0 Å². The molecule has 2 unspecified atom stereocenters. The lowest BCUT2D eigenvalue weighted by atomic mass is 9.52. The highest BCUT2D eigenvalue weighted by atomic mass is 32.2. The molecule has 2 atom stereocenters. The van der Waals surface area contributed by atoms with Gasteiger partial charge in [0.1, 0.15) is 5.60 Å². The molecule has 0 aromatic rings. The lowest BCUT2D eigenvalue weighted by Crippen LogP contribution is -2.60. The number of carbonyl (C=O) groups excluding carboxylic acids is 1. The van der Waals surface area contributed by atoms with Crippen LogP contribution in [0.15, 0.2) is 0 Å². The van der Waals surface area contributed by atoms with Crippen LogP contribution in [0.3, 0.4) is 0 Å². The predicted octanol–water partition coefficient (Wildman–Crippen LogP) is 0.891. The molecule has 0 aliphatic heterocycles. The Morgan fingerprint density at radius 1 is 1.20 bits per heavy atom.